The molecule has 4 rings (SSSR count). The number of carbonyl (C=O) groups is 1. The molecule has 0 N–H and O–H groups in total. The molecule has 1 saturated heterocycles. The number of piperazine rings is 1. The highest BCUT2D eigenvalue weighted by Crippen LogP contribution is 2.28. The van der Waals surface area contributed by atoms with Gasteiger partial charge in [0.2, 0.25) is 5.89 Å². The summed E-state index contributed by atoms with van der Waals surface area (Å²) in [5, 5.41) is 8.48. The Morgan fingerprint density at radius 2 is 1.85 bits per heavy atom. The molecule has 0 atom stereocenters. The lowest BCUT2D eigenvalue weighted by molar-refractivity contribution is 0.0746. The van der Waals surface area contributed by atoms with E-state index in [2.05, 4.69) is 20.1 Å². The molecular weight excluding hydrogens is 366 g/mol. The van der Waals surface area contributed by atoms with Crippen LogP contribution in [0.3, 0.4) is 0 Å². The average Bonchev–Trinajstić information content (AvgIpc) is 3.14. The van der Waals surface area contributed by atoms with E-state index in [1.165, 1.54) is 0 Å². The Hall–Kier alpha value is -2.93. The highest BCUT2D eigenvalue weighted by Gasteiger charge is 2.26. The Labute approximate surface area is 161 Å². The maximum atomic E-state index is 12.7. The van der Waals surface area contributed by atoms with Gasteiger partial charge in [-0.1, -0.05) is 23.7 Å². The van der Waals surface area contributed by atoms with Gasteiger partial charge in [0, 0.05) is 39.3 Å². The van der Waals surface area contributed by atoms with Gasteiger partial charge in [0.15, 0.2) is 0 Å². The van der Waals surface area contributed by atoms with Gasteiger partial charge in [0.25, 0.3) is 11.8 Å². The van der Waals surface area contributed by atoms with Crippen LogP contribution in [0.15, 0.2) is 47.0 Å². The molecule has 27 heavy (non-hydrogen) atoms. The first-order valence-electron chi connectivity index (χ1n) is 8.68. The SMILES string of the molecule is Cc1nnc(-c2cccnc2N2CCN(C(=O)c3ccccc3Cl)CC2)o1. The highest BCUT2D eigenvalue weighted by atomic mass is 35.5. The van der Waals surface area contributed by atoms with Crippen LogP contribution >= 0.6 is 11.6 Å². The van der Waals surface area contributed by atoms with Crippen molar-refractivity contribution >= 4 is 23.3 Å². The molecule has 0 radical (unpaired) electrons. The second kappa shape index (κ2) is 7.36. The Bertz CT molecular complexity index is 966. The summed E-state index contributed by atoms with van der Waals surface area (Å²) in [6.07, 6.45) is 1.74. The van der Waals surface area contributed by atoms with Gasteiger partial charge in [-0.3, -0.25) is 4.79 Å². The summed E-state index contributed by atoms with van der Waals surface area (Å²) in [7, 11) is 0. The number of aryl methyl sites for hydroxylation is 1. The number of pyridine rings is 1. The smallest absolute Gasteiger partial charge is 0.255 e. The zero-order valence-corrected chi connectivity index (χ0v) is 15.6. The Kier molecular flexibility index (Phi) is 4.77. The Balaban J connectivity index is 1.51. The third-order valence-electron chi connectivity index (χ3n) is 4.51. The van der Waals surface area contributed by atoms with E-state index in [0.29, 0.717) is 48.5 Å². The van der Waals surface area contributed by atoms with Gasteiger partial charge >= 0.3 is 0 Å². The van der Waals surface area contributed by atoms with Crippen molar-refractivity contribution in [3.63, 3.8) is 0 Å². The topological polar surface area (TPSA) is 75.4 Å². The Morgan fingerprint density at radius 1 is 1.07 bits per heavy atom. The number of amides is 1. The fourth-order valence-corrected chi connectivity index (χ4v) is 3.36. The minimum Gasteiger partial charge on any atom is -0.421 e. The monoisotopic (exact) mass is 383 g/mol. The maximum absolute atomic E-state index is 12.7. The molecule has 0 saturated carbocycles. The molecule has 1 aromatic carbocycles. The number of hydrogen-bond acceptors (Lipinski definition) is 6. The van der Waals surface area contributed by atoms with Gasteiger partial charge in [0.1, 0.15) is 5.82 Å². The minimum absolute atomic E-state index is 0.0472. The second-order valence-electron chi connectivity index (χ2n) is 6.26. The first-order valence-corrected chi connectivity index (χ1v) is 9.05. The predicted octanol–water partition coefficient (Wildman–Crippen LogP) is 3.06. The number of nitrogens with zero attached hydrogens (tertiary/aromatic N) is 5. The lowest BCUT2D eigenvalue weighted by Crippen LogP contribution is -2.49. The van der Waals surface area contributed by atoms with E-state index in [0.717, 1.165) is 11.4 Å². The predicted molar refractivity (Wildman–Crippen MR) is 102 cm³/mol. The van der Waals surface area contributed by atoms with Gasteiger partial charge in [0.05, 0.1) is 16.1 Å². The van der Waals surface area contributed by atoms with Gasteiger partial charge < -0.3 is 14.2 Å². The van der Waals surface area contributed by atoms with Crippen LogP contribution in [0, 0.1) is 6.92 Å². The molecule has 138 valence electrons. The van der Waals surface area contributed by atoms with Crippen molar-refractivity contribution < 1.29 is 9.21 Å². The number of benzene rings is 1. The summed E-state index contributed by atoms with van der Waals surface area (Å²) in [6, 6.07) is 10.9. The van der Waals surface area contributed by atoms with E-state index in [-0.39, 0.29) is 5.91 Å². The number of anilines is 1. The lowest BCUT2D eigenvalue weighted by atomic mass is 10.1. The highest BCUT2D eigenvalue weighted by molar-refractivity contribution is 6.33. The van der Waals surface area contributed by atoms with Crippen LogP contribution in [-0.4, -0.2) is 52.2 Å². The molecule has 0 aliphatic carbocycles. The second-order valence-corrected chi connectivity index (χ2v) is 6.67. The van der Waals surface area contributed by atoms with Crippen LogP contribution in [0.25, 0.3) is 11.5 Å². The number of carbonyl (C=O) groups excluding carboxylic acids is 1. The third-order valence-corrected chi connectivity index (χ3v) is 4.84. The molecule has 3 aromatic rings. The van der Waals surface area contributed by atoms with Gasteiger partial charge in [-0.25, -0.2) is 4.98 Å². The van der Waals surface area contributed by atoms with Crippen molar-refractivity contribution in [3.8, 4) is 11.5 Å². The number of halogens is 1. The minimum atomic E-state index is -0.0472. The summed E-state index contributed by atoms with van der Waals surface area (Å²) in [5.74, 6) is 1.69. The van der Waals surface area contributed by atoms with Crippen molar-refractivity contribution in [1.29, 1.82) is 0 Å². The van der Waals surface area contributed by atoms with Crippen LogP contribution in [0.4, 0.5) is 5.82 Å². The zero-order valence-electron chi connectivity index (χ0n) is 14.8. The number of rotatable bonds is 3. The largest absolute Gasteiger partial charge is 0.421 e. The van der Waals surface area contributed by atoms with Gasteiger partial charge in [-0.2, -0.15) is 0 Å². The molecule has 7 nitrogen and oxygen atoms in total. The fourth-order valence-electron chi connectivity index (χ4n) is 3.15. The quantitative estimate of drug-likeness (QED) is 0.692. The third kappa shape index (κ3) is 3.50. The molecule has 1 aliphatic rings. The van der Waals surface area contributed by atoms with E-state index >= 15 is 0 Å². The first kappa shape index (κ1) is 17.5. The van der Waals surface area contributed by atoms with Gasteiger partial charge in [-0.05, 0) is 24.3 Å². The molecule has 8 heteroatoms. The summed E-state index contributed by atoms with van der Waals surface area (Å²) < 4.78 is 5.56. The van der Waals surface area contributed by atoms with Crippen LogP contribution in [0.1, 0.15) is 16.2 Å². The first-order chi connectivity index (χ1) is 13.1. The molecule has 0 bridgehead atoms. The molecule has 1 aliphatic heterocycles. The number of aromatic nitrogens is 3. The molecule has 1 amide bonds. The van der Waals surface area contributed by atoms with Crippen LogP contribution in [0.5, 0.6) is 0 Å². The fraction of sp³-hybridized carbons (Fsp3) is 0.263. The summed E-state index contributed by atoms with van der Waals surface area (Å²) in [6.45, 7) is 4.25. The Morgan fingerprint density at radius 3 is 2.56 bits per heavy atom. The van der Waals surface area contributed by atoms with Crippen molar-refractivity contribution in [3.05, 3.63) is 59.1 Å². The van der Waals surface area contributed by atoms with E-state index < -0.39 is 0 Å². The molecule has 2 aromatic heterocycles. The maximum Gasteiger partial charge on any atom is 0.255 e. The van der Waals surface area contributed by atoms with Gasteiger partial charge in [-0.15, -0.1) is 10.2 Å². The van der Waals surface area contributed by atoms with E-state index in [4.69, 9.17) is 16.0 Å². The summed E-state index contributed by atoms with van der Waals surface area (Å²) in [4.78, 5) is 21.2. The number of hydrogen-bond donors (Lipinski definition) is 0. The molecule has 0 spiro atoms. The lowest BCUT2D eigenvalue weighted by Gasteiger charge is -2.36. The zero-order chi connectivity index (χ0) is 18.8. The van der Waals surface area contributed by atoms with Crippen LogP contribution in [0.2, 0.25) is 5.02 Å². The molecule has 0 unspecified atom stereocenters. The summed E-state index contributed by atoms with van der Waals surface area (Å²) in [5.41, 5.74) is 1.33. The molecule has 3 heterocycles. The van der Waals surface area contributed by atoms with Crippen molar-refractivity contribution in [1.82, 2.24) is 20.1 Å². The normalized spacial score (nSPS) is 14.4. The van der Waals surface area contributed by atoms with E-state index in [1.807, 2.05) is 29.2 Å². The molecular formula is C19H18ClN5O2. The van der Waals surface area contributed by atoms with E-state index in [9.17, 15) is 4.79 Å². The van der Waals surface area contributed by atoms with Crippen LogP contribution in [-0.2, 0) is 0 Å². The van der Waals surface area contributed by atoms with Crippen molar-refractivity contribution in [2.45, 2.75) is 6.92 Å². The van der Waals surface area contributed by atoms with E-state index in [1.54, 1.807) is 25.3 Å². The van der Waals surface area contributed by atoms with Crippen LogP contribution < -0.4 is 4.90 Å². The average molecular weight is 384 g/mol. The van der Waals surface area contributed by atoms with Crippen molar-refractivity contribution in [2.24, 2.45) is 0 Å². The van der Waals surface area contributed by atoms with Crippen molar-refractivity contribution in [2.75, 3.05) is 31.1 Å². The molecule has 1 fully saturated rings. The summed E-state index contributed by atoms with van der Waals surface area (Å²) >= 11 is 6.16. The standard InChI is InChI=1S/C19H18ClN5O2/c1-13-22-23-18(27-13)15-6-4-8-21-17(15)24-9-11-25(12-10-24)19(26)14-5-2-3-7-16(14)20/h2-8H,9-12H2,1H3.